The Morgan fingerprint density at radius 2 is 1.81 bits per heavy atom. The highest BCUT2D eigenvalue weighted by molar-refractivity contribution is 14.0. The van der Waals surface area contributed by atoms with E-state index in [4.69, 9.17) is 4.74 Å². The molecular formula is C24H40IN5O. The van der Waals surface area contributed by atoms with Crippen molar-refractivity contribution >= 4 is 29.9 Å². The Morgan fingerprint density at radius 1 is 1.10 bits per heavy atom. The molecule has 0 radical (unpaired) electrons. The van der Waals surface area contributed by atoms with E-state index in [1.807, 2.05) is 7.05 Å². The van der Waals surface area contributed by atoms with Crippen molar-refractivity contribution in [2.75, 3.05) is 53.0 Å². The van der Waals surface area contributed by atoms with Gasteiger partial charge in [-0.1, -0.05) is 42.7 Å². The molecule has 1 aliphatic carbocycles. The van der Waals surface area contributed by atoms with Gasteiger partial charge in [0.2, 0.25) is 0 Å². The van der Waals surface area contributed by atoms with E-state index in [0.29, 0.717) is 12.1 Å². The summed E-state index contributed by atoms with van der Waals surface area (Å²) >= 11 is 0. The van der Waals surface area contributed by atoms with Gasteiger partial charge in [0.1, 0.15) is 0 Å². The molecule has 31 heavy (non-hydrogen) atoms. The molecule has 0 bridgehead atoms. The topological polar surface area (TPSA) is 52.1 Å². The fourth-order valence-electron chi connectivity index (χ4n) is 5.22. The van der Waals surface area contributed by atoms with Gasteiger partial charge in [-0.25, -0.2) is 0 Å². The molecule has 1 saturated carbocycles. The lowest BCUT2D eigenvalue weighted by Gasteiger charge is -2.35. The smallest absolute Gasteiger partial charge is 0.191 e. The number of likely N-dealkylation sites (tertiary alicyclic amines) is 1. The number of guanidine groups is 1. The van der Waals surface area contributed by atoms with Crippen molar-refractivity contribution in [1.82, 2.24) is 20.4 Å². The fourth-order valence-corrected chi connectivity index (χ4v) is 5.22. The van der Waals surface area contributed by atoms with Crippen molar-refractivity contribution in [2.45, 2.75) is 57.2 Å². The number of hydrogen-bond donors (Lipinski definition) is 2. The number of nitrogens with zero attached hydrogens (tertiary/aromatic N) is 3. The molecule has 1 aromatic rings. The molecule has 2 N–H and O–H groups in total. The first-order valence-electron chi connectivity index (χ1n) is 11.8. The van der Waals surface area contributed by atoms with Crippen LogP contribution in [0.1, 0.15) is 49.3 Å². The van der Waals surface area contributed by atoms with Crippen molar-refractivity contribution in [3.63, 3.8) is 0 Å². The molecule has 2 atom stereocenters. The molecule has 2 heterocycles. The number of ether oxygens (including phenoxy) is 1. The molecule has 1 aromatic carbocycles. The number of hydrogen-bond acceptors (Lipinski definition) is 4. The first-order chi connectivity index (χ1) is 14.7. The Hall–Kier alpha value is -0.900. The van der Waals surface area contributed by atoms with E-state index < -0.39 is 0 Å². The molecule has 2 saturated heterocycles. The molecule has 3 aliphatic rings. The minimum Gasteiger partial charge on any atom is -0.379 e. The van der Waals surface area contributed by atoms with Crippen LogP contribution in [0.15, 0.2) is 29.3 Å². The molecule has 174 valence electrons. The number of aryl methyl sites for hydroxylation is 1. The molecule has 7 heteroatoms. The van der Waals surface area contributed by atoms with Gasteiger partial charge in [0.25, 0.3) is 0 Å². The Kier molecular flexibility index (Phi) is 9.87. The van der Waals surface area contributed by atoms with Crippen molar-refractivity contribution < 1.29 is 4.74 Å². The molecule has 0 amide bonds. The minimum absolute atomic E-state index is 0. The van der Waals surface area contributed by atoms with Crippen LogP contribution in [0.4, 0.5) is 0 Å². The zero-order valence-corrected chi connectivity index (χ0v) is 21.5. The third-order valence-corrected chi connectivity index (χ3v) is 7.04. The molecule has 0 aromatic heterocycles. The second kappa shape index (κ2) is 12.4. The van der Waals surface area contributed by atoms with Crippen LogP contribution < -0.4 is 10.6 Å². The Labute approximate surface area is 205 Å². The van der Waals surface area contributed by atoms with Crippen LogP contribution in [0, 0.1) is 6.92 Å². The van der Waals surface area contributed by atoms with E-state index in [-0.39, 0.29) is 24.0 Å². The van der Waals surface area contributed by atoms with Crippen molar-refractivity contribution in [3.8, 4) is 0 Å². The van der Waals surface area contributed by atoms with Gasteiger partial charge in [-0.15, -0.1) is 24.0 Å². The van der Waals surface area contributed by atoms with E-state index in [0.717, 1.165) is 51.4 Å². The van der Waals surface area contributed by atoms with Crippen LogP contribution in [0.2, 0.25) is 0 Å². The molecular weight excluding hydrogens is 501 g/mol. The summed E-state index contributed by atoms with van der Waals surface area (Å²) in [5, 5.41) is 7.32. The van der Waals surface area contributed by atoms with E-state index in [9.17, 15) is 0 Å². The number of nitrogens with one attached hydrogen (secondary N) is 2. The minimum atomic E-state index is 0. The molecule has 2 unspecified atom stereocenters. The lowest BCUT2D eigenvalue weighted by atomic mass is 10.0. The summed E-state index contributed by atoms with van der Waals surface area (Å²) in [6.45, 7) is 8.95. The average Bonchev–Trinajstić information content (AvgIpc) is 3.47. The highest BCUT2D eigenvalue weighted by atomic mass is 127. The van der Waals surface area contributed by atoms with Gasteiger partial charge in [-0.2, -0.15) is 0 Å². The van der Waals surface area contributed by atoms with Crippen LogP contribution in [-0.4, -0.2) is 80.8 Å². The van der Waals surface area contributed by atoms with E-state index in [2.05, 4.69) is 56.6 Å². The lowest BCUT2D eigenvalue weighted by molar-refractivity contribution is 0.0170. The first-order valence-corrected chi connectivity index (χ1v) is 11.8. The summed E-state index contributed by atoms with van der Waals surface area (Å²) in [6, 6.07) is 10.6. The van der Waals surface area contributed by atoms with Gasteiger partial charge in [-0.05, 0) is 31.7 Å². The maximum Gasteiger partial charge on any atom is 0.191 e. The maximum atomic E-state index is 5.59. The second-order valence-electron chi connectivity index (χ2n) is 9.09. The highest BCUT2D eigenvalue weighted by Crippen LogP contribution is 2.26. The second-order valence-corrected chi connectivity index (χ2v) is 9.09. The summed E-state index contributed by atoms with van der Waals surface area (Å²) in [5.74, 6) is 0.929. The molecule has 3 fully saturated rings. The summed E-state index contributed by atoms with van der Waals surface area (Å²) in [5.41, 5.74) is 2.66. The zero-order chi connectivity index (χ0) is 20.8. The summed E-state index contributed by atoms with van der Waals surface area (Å²) in [7, 11) is 1.88. The Morgan fingerprint density at radius 3 is 2.48 bits per heavy atom. The van der Waals surface area contributed by atoms with Gasteiger partial charge in [-0.3, -0.25) is 14.8 Å². The molecule has 0 spiro atoms. The number of benzene rings is 1. The number of halogens is 1. The first kappa shape index (κ1) is 24.7. The van der Waals surface area contributed by atoms with Crippen LogP contribution >= 0.6 is 24.0 Å². The lowest BCUT2D eigenvalue weighted by Crippen LogP contribution is -2.49. The number of aliphatic imine (C=N–C) groups is 1. The monoisotopic (exact) mass is 541 g/mol. The van der Waals surface area contributed by atoms with Gasteiger partial charge in [0.05, 0.1) is 19.3 Å². The van der Waals surface area contributed by atoms with E-state index in [1.54, 1.807) is 0 Å². The van der Waals surface area contributed by atoms with Crippen molar-refractivity contribution in [2.24, 2.45) is 4.99 Å². The van der Waals surface area contributed by atoms with Crippen molar-refractivity contribution in [1.29, 1.82) is 0 Å². The normalized spacial score (nSPS) is 24.7. The molecule has 2 aliphatic heterocycles. The maximum absolute atomic E-state index is 5.59. The Bertz CT molecular complexity index is 686. The van der Waals surface area contributed by atoms with Gasteiger partial charge in [0.15, 0.2) is 5.96 Å². The number of rotatable bonds is 6. The fraction of sp³-hybridized carbons (Fsp3) is 0.708. The van der Waals surface area contributed by atoms with Gasteiger partial charge in [0, 0.05) is 51.9 Å². The van der Waals surface area contributed by atoms with Crippen LogP contribution in [0.3, 0.4) is 0 Å². The van der Waals surface area contributed by atoms with Gasteiger partial charge < -0.3 is 15.4 Å². The van der Waals surface area contributed by atoms with Crippen molar-refractivity contribution in [3.05, 3.63) is 35.4 Å². The van der Waals surface area contributed by atoms with Crippen LogP contribution in [-0.2, 0) is 4.74 Å². The predicted molar refractivity (Wildman–Crippen MR) is 138 cm³/mol. The zero-order valence-electron chi connectivity index (χ0n) is 19.2. The van der Waals surface area contributed by atoms with E-state index in [1.165, 1.54) is 49.8 Å². The predicted octanol–water partition coefficient (Wildman–Crippen LogP) is 3.17. The quantitative estimate of drug-likeness (QED) is 0.329. The molecule has 4 rings (SSSR count). The third kappa shape index (κ3) is 6.79. The van der Waals surface area contributed by atoms with Crippen LogP contribution in [0.5, 0.6) is 0 Å². The highest BCUT2D eigenvalue weighted by Gasteiger charge is 2.30. The SMILES string of the molecule is CN=C(NCC(c1ccc(C)cc1)N1CCOCC1)NC1CCN(C2CCCC2)C1.I. The average molecular weight is 542 g/mol. The third-order valence-electron chi connectivity index (χ3n) is 7.04. The van der Waals surface area contributed by atoms with Gasteiger partial charge >= 0.3 is 0 Å². The summed E-state index contributed by atoms with van der Waals surface area (Å²) in [6.07, 6.45) is 6.80. The summed E-state index contributed by atoms with van der Waals surface area (Å²) < 4.78 is 5.59. The standard InChI is InChI=1S/C24H39N5O.HI/c1-19-7-9-20(10-8-19)23(28-13-15-30-16-14-28)17-26-24(25-2)27-21-11-12-29(18-21)22-5-3-4-6-22;/h7-10,21-23H,3-6,11-18H2,1-2H3,(H2,25,26,27);1H. The van der Waals surface area contributed by atoms with Crippen LogP contribution in [0.25, 0.3) is 0 Å². The number of morpholine rings is 1. The van der Waals surface area contributed by atoms with E-state index >= 15 is 0 Å². The largest absolute Gasteiger partial charge is 0.379 e. The summed E-state index contributed by atoms with van der Waals surface area (Å²) in [4.78, 5) is 9.76. The Balaban J connectivity index is 0.00000272. The molecule has 6 nitrogen and oxygen atoms in total.